The molecule has 0 bridgehead atoms. The number of hydrogen-bond acceptors (Lipinski definition) is 2. The van der Waals surface area contributed by atoms with Crippen LogP contribution in [0.5, 0.6) is 5.75 Å². The summed E-state index contributed by atoms with van der Waals surface area (Å²) < 4.78 is 44.1. The summed E-state index contributed by atoms with van der Waals surface area (Å²) in [4.78, 5) is 0. The topological polar surface area (TPSA) is 21.3 Å². The van der Waals surface area contributed by atoms with Crippen LogP contribution in [0.25, 0.3) is 0 Å². The van der Waals surface area contributed by atoms with Crippen LogP contribution in [0.1, 0.15) is 0 Å². The van der Waals surface area contributed by atoms with E-state index < -0.39 is 11.6 Å². The number of rotatable bonds is 5. The summed E-state index contributed by atoms with van der Waals surface area (Å²) in [6.07, 6.45) is 0. The molecule has 0 saturated carbocycles. The second-order valence-electron chi connectivity index (χ2n) is 3.84. The van der Waals surface area contributed by atoms with Crippen molar-refractivity contribution in [2.45, 2.75) is 0 Å². The lowest BCUT2D eigenvalue weighted by Crippen LogP contribution is -2.12. The van der Waals surface area contributed by atoms with Gasteiger partial charge in [-0.3, -0.25) is 0 Å². The highest BCUT2D eigenvalue weighted by molar-refractivity contribution is 5.42. The summed E-state index contributed by atoms with van der Waals surface area (Å²) in [5.74, 6) is -2.44. The quantitative estimate of drug-likeness (QED) is 0.836. The summed E-state index contributed by atoms with van der Waals surface area (Å²) in [5, 5.41) is 2.91. The number of halogens is 3. The zero-order valence-electron chi connectivity index (χ0n) is 10.00. The Morgan fingerprint density at radius 3 is 2.58 bits per heavy atom. The Kier molecular flexibility index (Phi) is 4.28. The molecule has 0 spiro atoms. The highest BCUT2D eigenvalue weighted by Gasteiger charge is 2.07. The first kappa shape index (κ1) is 13.3. The van der Waals surface area contributed by atoms with E-state index in [0.29, 0.717) is 12.2 Å². The molecule has 2 nitrogen and oxygen atoms in total. The number of benzene rings is 2. The fourth-order valence-electron chi connectivity index (χ4n) is 1.55. The van der Waals surface area contributed by atoms with E-state index in [9.17, 15) is 13.2 Å². The first-order valence-corrected chi connectivity index (χ1v) is 5.73. The molecule has 0 radical (unpaired) electrons. The molecule has 2 rings (SSSR count). The van der Waals surface area contributed by atoms with Crippen molar-refractivity contribution < 1.29 is 17.9 Å². The SMILES string of the molecule is Fc1cccc(NCCOc2cccc(F)c2F)c1. The van der Waals surface area contributed by atoms with Gasteiger partial charge in [0.05, 0.1) is 0 Å². The maximum Gasteiger partial charge on any atom is 0.200 e. The first-order chi connectivity index (χ1) is 9.16. The minimum absolute atomic E-state index is 0.136. The van der Waals surface area contributed by atoms with Gasteiger partial charge in [0.25, 0.3) is 0 Å². The van der Waals surface area contributed by atoms with E-state index in [-0.39, 0.29) is 18.2 Å². The van der Waals surface area contributed by atoms with Crippen molar-refractivity contribution >= 4 is 5.69 Å². The molecule has 5 heteroatoms. The number of hydrogen-bond donors (Lipinski definition) is 1. The summed E-state index contributed by atoms with van der Waals surface area (Å²) in [7, 11) is 0. The van der Waals surface area contributed by atoms with Gasteiger partial charge in [-0.05, 0) is 30.3 Å². The molecule has 0 aliphatic carbocycles. The number of ether oxygens (including phenoxy) is 1. The van der Waals surface area contributed by atoms with Gasteiger partial charge < -0.3 is 10.1 Å². The standard InChI is InChI=1S/C14H12F3NO/c15-10-3-1-4-11(9-10)18-7-8-19-13-6-2-5-12(16)14(13)17/h1-6,9,18H,7-8H2. The van der Waals surface area contributed by atoms with Gasteiger partial charge in [0.1, 0.15) is 12.4 Å². The molecule has 0 unspecified atom stereocenters. The smallest absolute Gasteiger partial charge is 0.200 e. The number of anilines is 1. The van der Waals surface area contributed by atoms with Crippen LogP contribution in [0.15, 0.2) is 42.5 Å². The van der Waals surface area contributed by atoms with Gasteiger partial charge in [-0.1, -0.05) is 12.1 Å². The molecule has 0 atom stereocenters. The number of nitrogens with one attached hydrogen (secondary N) is 1. The van der Waals surface area contributed by atoms with Crippen molar-refractivity contribution in [3.8, 4) is 5.75 Å². The van der Waals surface area contributed by atoms with Gasteiger partial charge in [0.15, 0.2) is 11.6 Å². The summed E-state index contributed by atoms with van der Waals surface area (Å²) in [6.45, 7) is 0.482. The Morgan fingerprint density at radius 1 is 1.00 bits per heavy atom. The molecule has 0 aromatic heterocycles. The largest absolute Gasteiger partial charge is 0.489 e. The van der Waals surface area contributed by atoms with Crippen LogP contribution in [0.3, 0.4) is 0 Å². The van der Waals surface area contributed by atoms with E-state index in [4.69, 9.17) is 4.74 Å². The minimum atomic E-state index is -1.01. The van der Waals surface area contributed by atoms with E-state index in [0.717, 1.165) is 6.07 Å². The predicted molar refractivity (Wildman–Crippen MR) is 66.7 cm³/mol. The molecule has 1 N–H and O–H groups in total. The van der Waals surface area contributed by atoms with E-state index in [1.165, 1.54) is 24.3 Å². The Hall–Kier alpha value is -2.17. The van der Waals surface area contributed by atoms with Crippen molar-refractivity contribution in [1.82, 2.24) is 0 Å². The second-order valence-corrected chi connectivity index (χ2v) is 3.84. The second kappa shape index (κ2) is 6.13. The van der Waals surface area contributed by atoms with Crippen LogP contribution in [0.4, 0.5) is 18.9 Å². The van der Waals surface area contributed by atoms with Crippen molar-refractivity contribution in [2.24, 2.45) is 0 Å². The normalized spacial score (nSPS) is 10.3. The van der Waals surface area contributed by atoms with Gasteiger partial charge in [-0.2, -0.15) is 4.39 Å². The Labute approximate surface area is 108 Å². The maximum atomic E-state index is 13.2. The lowest BCUT2D eigenvalue weighted by atomic mass is 10.3. The molecule has 0 aliphatic rings. The van der Waals surface area contributed by atoms with Crippen molar-refractivity contribution in [2.75, 3.05) is 18.5 Å². The van der Waals surface area contributed by atoms with E-state index in [1.807, 2.05) is 0 Å². The first-order valence-electron chi connectivity index (χ1n) is 5.73. The molecular weight excluding hydrogens is 255 g/mol. The van der Waals surface area contributed by atoms with Crippen LogP contribution < -0.4 is 10.1 Å². The van der Waals surface area contributed by atoms with Gasteiger partial charge in [0.2, 0.25) is 5.82 Å². The van der Waals surface area contributed by atoms with Crippen LogP contribution >= 0.6 is 0 Å². The molecule has 0 heterocycles. The molecule has 2 aromatic carbocycles. The van der Waals surface area contributed by atoms with Crippen LogP contribution in [0.2, 0.25) is 0 Å². The molecule has 0 amide bonds. The van der Waals surface area contributed by atoms with E-state index in [1.54, 1.807) is 12.1 Å². The third-order valence-electron chi connectivity index (χ3n) is 2.43. The zero-order valence-corrected chi connectivity index (χ0v) is 10.00. The van der Waals surface area contributed by atoms with Crippen LogP contribution in [0, 0.1) is 17.5 Å². The molecule has 100 valence electrons. The lowest BCUT2D eigenvalue weighted by Gasteiger charge is -2.09. The Bertz CT molecular complexity index is 560. The predicted octanol–water partition coefficient (Wildman–Crippen LogP) is 3.59. The van der Waals surface area contributed by atoms with Crippen molar-refractivity contribution in [3.05, 3.63) is 59.9 Å². The monoisotopic (exact) mass is 267 g/mol. The van der Waals surface area contributed by atoms with E-state index in [2.05, 4.69) is 5.32 Å². The third kappa shape index (κ3) is 3.64. The molecular formula is C14H12F3NO. The summed E-state index contributed by atoms with van der Waals surface area (Å²) in [5.41, 5.74) is 0.600. The minimum Gasteiger partial charge on any atom is -0.489 e. The molecule has 2 aromatic rings. The van der Waals surface area contributed by atoms with Crippen molar-refractivity contribution in [3.63, 3.8) is 0 Å². The molecule has 19 heavy (non-hydrogen) atoms. The Morgan fingerprint density at radius 2 is 1.79 bits per heavy atom. The molecule has 0 saturated heterocycles. The van der Waals surface area contributed by atoms with Crippen LogP contribution in [-0.2, 0) is 0 Å². The lowest BCUT2D eigenvalue weighted by molar-refractivity contribution is 0.308. The average Bonchev–Trinajstić information content (AvgIpc) is 2.39. The van der Waals surface area contributed by atoms with Crippen molar-refractivity contribution in [1.29, 1.82) is 0 Å². The van der Waals surface area contributed by atoms with Gasteiger partial charge in [-0.25, -0.2) is 8.78 Å². The molecule has 0 aliphatic heterocycles. The zero-order chi connectivity index (χ0) is 13.7. The highest BCUT2D eigenvalue weighted by Crippen LogP contribution is 2.18. The fraction of sp³-hybridized carbons (Fsp3) is 0.143. The van der Waals surface area contributed by atoms with Crippen LogP contribution in [-0.4, -0.2) is 13.2 Å². The maximum absolute atomic E-state index is 13.2. The van der Waals surface area contributed by atoms with Gasteiger partial charge >= 0.3 is 0 Å². The highest BCUT2D eigenvalue weighted by atomic mass is 19.2. The van der Waals surface area contributed by atoms with Gasteiger partial charge in [-0.15, -0.1) is 0 Å². The summed E-state index contributed by atoms with van der Waals surface area (Å²) in [6, 6.07) is 9.69. The van der Waals surface area contributed by atoms with Gasteiger partial charge in [0, 0.05) is 12.2 Å². The Balaban J connectivity index is 1.82. The fourth-order valence-corrected chi connectivity index (χ4v) is 1.55. The third-order valence-corrected chi connectivity index (χ3v) is 2.43. The molecule has 0 fully saturated rings. The summed E-state index contributed by atoms with van der Waals surface area (Å²) >= 11 is 0. The average molecular weight is 267 g/mol. The van der Waals surface area contributed by atoms with E-state index >= 15 is 0 Å².